The molecule has 0 aliphatic carbocycles. The van der Waals surface area contributed by atoms with Gasteiger partial charge in [-0.15, -0.1) is 0 Å². The Morgan fingerprint density at radius 1 is 1.41 bits per heavy atom. The van der Waals surface area contributed by atoms with Crippen molar-refractivity contribution in [3.05, 3.63) is 35.9 Å². The number of hydrogen-bond donors (Lipinski definition) is 0. The van der Waals surface area contributed by atoms with Gasteiger partial charge in [-0.05, 0) is 5.56 Å². The lowest BCUT2D eigenvalue weighted by atomic mass is 10.1. The Kier molecular flexibility index (Phi) is 4.71. The van der Waals surface area contributed by atoms with Crippen LogP contribution in [-0.4, -0.2) is 47.4 Å². The van der Waals surface area contributed by atoms with Crippen LogP contribution < -0.4 is 0 Å². The number of benzene rings is 1. The minimum absolute atomic E-state index is 0.162. The third kappa shape index (κ3) is 3.91. The number of morpholine rings is 1. The largest absolute Gasteiger partial charge is 0.371 e. The molecule has 1 aromatic rings. The molecule has 1 aliphatic heterocycles. The van der Waals surface area contributed by atoms with Gasteiger partial charge in [0, 0.05) is 42.4 Å². The molecule has 1 aliphatic rings. The molecule has 1 aromatic carbocycles. The molecule has 0 amide bonds. The van der Waals surface area contributed by atoms with Crippen LogP contribution in [0.5, 0.6) is 0 Å². The second kappa shape index (κ2) is 6.28. The summed E-state index contributed by atoms with van der Waals surface area (Å²) in [4.78, 5) is 2.34. The van der Waals surface area contributed by atoms with Crippen molar-refractivity contribution < 1.29 is 8.95 Å². The predicted octanol–water partition coefficient (Wildman–Crippen LogP) is 1.44. The Hall–Kier alpha value is -0.710. The van der Waals surface area contributed by atoms with Crippen molar-refractivity contribution in [1.82, 2.24) is 4.90 Å². The molecule has 0 radical (unpaired) electrons. The average Bonchev–Trinajstić information content (AvgIpc) is 2.38. The van der Waals surface area contributed by atoms with Crippen LogP contribution in [0.4, 0.5) is 0 Å². The highest BCUT2D eigenvalue weighted by Crippen LogP contribution is 2.21. The maximum absolute atomic E-state index is 11.1. The van der Waals surface area contributed by atoms with Crippen molar-refractivity contribution in [2.45, 2.75) is 6.10 Å². The Labute approximate surface area is 105 Å². The summed E-state index contributed by atoms with van der Waals surface area (Å²) >= 11 is 0. The molecule has 0 spiro atoms. The van der Waals surface area contributed by atoms with Crippen molar-refractivity contribution in [1.29, 1.82) is 0 Å². The van der Waals surface area contributed by atoms with Gasteiger partial charge < -0.3 is 4.74 Å². The summed E-state index contributed by atoms with van der Waals surface area (Å²) in [6.07, 6.45) is 1.92. The van der Waals surface area contributed by atoms with Crippen molar-refractivity contribution in [2.24, 2.45) is 0 Å². The maximum Gasteiger partial charge on any atom is 0.0952 e. The molecule has 2 rings (SSSR count). The molecule has 2 atom stereocenters. The van der Waals surface area contributed by atoms with Crippen molar-refractivity contribution >= 4 is 10.8 Å². The van der Waals surface area contributed by atoms with Crippen molar-refractivity contribution in [3.8, 4) is 0 Å². The maximum atomic E-state index is 11.1. The van der Waals surface area contributed by atoms with Gasteiger partial charge in [0.1, 0.15) is 0 Å². The smallest absolute Gasteiger partial charge is 0.0952 e. The fraction of sp³-hybridized carbons (Fsp3) is 0.538. The van der Waals surface area contributed by atoms with E-state index in [0.717, 1.165) is 32.0 Å². The SMILES string of the molecule is C[S@](=O)CCN1CCO[C@H](c2ccccc2)C1. The van der Waals surface area contributed by atoms with Gasteiger partial charge in [-0.1, -0.05) is 30.3 Å². The summed E-state index contributed by atoms with van der Waals surface area (Å²) in [6, 6.07) is 10.3. The van der Waals surface area contributed by atoms with E-state index in [2.05, 4.69) is 17.0 Å². The van der Waals surface area contributed by atoms with E-state index in [-0.39, 0.29) is 6.10 Å². The molecule has 0 unspecified atom stereocenters. The van der Waals surface area contributed by atoms with Crippen LogP contribution in [0.2, 0.25) is 0 Å². The van der Waals surface area contributed by atoms with Crippen LogP contribution in [0.1, 0.15) is 11.7 Å². The second-order valence-electron chi connectivity index (χ2n) is 4.35. The zero-order chi connectivity index (χ0) is 12.1. The van der Waals surface area contributed by atoms with Gasteiger partial charge in [-0.3, -0.25) is 9.11 Å². The van der Waals surface area contributed by atoms with Gasteiger partial charge in [-0.25, -0.2) is 0 Å². The molecule has 3 nitrogen and oxygen atoms in total. The normalized spacial score (nSPS) is 23.5. The first-order valence-corrected chi connectivity index (χ1v) is 7.67. The number of rotatable bonds is 4. The fourth-order valence-corrected chi connectivity index (χ4v) is 2.55. The van der Waals surface area contributed by atoms with E-state index in [1.54, 1.807) is 6.26 Å². The Morgan fingerprint density at radius 2 is 2.18 bits per heavy atom. The highest BCUT2D eigenvalue weighted by atomic mass is 32.2. The molecule has 0 aromatic heterocycles. The first-order valence-electron chi connectivity index (χ1n) is 5.94. The average molecular weight is 253 g/mol. The van der Waals surface area contributed by atoms with E-state index < -0.39 is 10.8 Å². The quantitative estimate of drug-likeness (QED) is 0.813. The molecule has 94 valence electrons. The molecule has 17 heavy (non-hydrogen) atoms. The molecule has 0 saturated carbocycles. The molecule has 4 heteroatoms. The summed E-state index contributed by atoms with van der Waals surface area (Å²) in [5, 5.41) is 0. The lowest BCUT2D eigenvalue weighted by molar-refractivity contribution is -0.0278. The van der Waals surface area contributed by atoms with Crippen molar-refractivity contribution in [3.63, 3.8) is 0 Å². The molecule has 1 saturated heterocycles. The Balaban J connectivity index is 1.91. The van der Waals surface area contributed by atoms with Gasteiger partial charge in [0.25, 0.3) is 0 Å². The zero-order valence-electron chi connectivity index (χ0n) is 10.2. The summed E-state index contributed by atoms with van der Waals surface area (Å²) < 4.78 is 16.9. The summed E-state index contributed by atoms with van der Waals surface area (Å²) in [5.74, 6) is 0.751. The summed E-state index contributed by atoms with van der Waals surface area (Å²) in [7, 11) is -0.705. The molecule has 0 bridgehead atoms. The van der Waals surface area contributed by atoms with Crippen LogP contribution >= 0.6 is 0 Å². The molecule has 0 N–H and O–H groups in total. The van der Waals surface area contributed by atoms with Crippen LogP contribution in [-0.2, 0) is 15.5 Å². The Morgan fingerprint density at radius 3 is 2.88 bits per heavy atom. The number of ether oxygens (including phenoxy) is 1. The molecular formula is C13H19NO2S. The molecule has 1 fully saturated rings. The van der Waals surface area contributed by atoms with Gasteiger partial charge in [0.2, 0.25) is 0 Å². The summed E-state index contributed by atoms with van der Waals surface area (Å²) in [6.45, 7) is 3.51. The van der Waals surface area contributed by atoms with Crippen LogP contribution in [0, 0.1) is 0 Å². The van der Waals surface area contributed by atoms with Gasteiger partial charge >= 0.3 is 0 Å². The first-order chi connectivity index (χ1) is 8.25. The van der Waals surface area contributed by atoms with E-state index in [1.807, 2.05) is 18.2 Å². The molecular weight excluding hydrogens is 234 g/mol. The lowest BCUT2D eigenvalue weighted by Crippen LogP contribution is -2.40. The number of nitrogens with zero attached hydrogens (tertiary/aromatic N) is 1. The third-order valence-electron chi connectivity index (χ3n) is 3.02. The van der Waals surface area contributed by atoms with Crippen LogP contribution in [0.25, 0.3) is 0 Å². The van der Waals surface area contributed by atoms with Crippen molar-refractivity contribution in [2.75, 3.05) is 38.2 Å². The van der Waals surface area contributed by atoms with E-state index in [1.165, 1.54) is 5.56 Å². The first kappa shape index (κ1) is 12.7. The third-order valence-corrected chi connectivity index (χ3v) is 3.77. The monoisotopic (exact) mass is 253 g/mol. The highest BCUT2D eigenvalue weighted by molar-refractivity contribution is 7.84. The van der Waals surface area contributed by atoms with Gasteiger partial charge in [0.05, 0.1) is 12.7 Å². The predicted molar refractivity (Wildman–Crippen MR) is 70.5 cm³/mol. The van der Waals surface area contributed by atoms with E-state index in [0.29, 0.717) is 0 Å². The van der Waals surface area contributed by atoms with Gasteiger partial charge in [-0.2, -0.15) is 0 Å². The topological polar surface area (TPSA) is 29.5 Å². The van der Waals surface area contributed by atoms with E-state index in [4.69, 9.17) is 4.74 Å². The van der Waals surface area contributed by atoms with E-state index >= 15 is 0 Å². The standard InChI is InChI=1S/C13H19NO2S/c1-17(15)10-8-14-7-9-16-13(11-14)12-5-3-2-4-6-12/h2-6,13H,7-11H2,1H3/t13-,17-/m0/s1. The zero-order valence-corrected chi connectivity index (χ0v) is 11.0. The minimum atomic E-state index is -0.705. The minimum Gasteiger partial charge on any atom is -0.371 e. The van der Waals surface area contributed by atoms with Gasteiger partial charge in [0.15, 0.2) is 0 Å². The summed E-state index contributed by atoms with van der Waals surface area (Å²) in [5.41, 5.74) is 1.23. The second-order valence-corrected chi connectivity index (χ2v) is 5.90. The van der Waals surface area contributed by atoms with Crippen LogP contribution in [0.15, 0.2) is 30.3 Å². The fourth-order valence-electron chi connectivity index (χ4n) is 2.03. The highest BCUT2D eigenvalue weighted by Gasteiger charge is 2.21. The molecule has 1 heterocycles. The van der Waals surface area contributed by atoms with Crippen LogP contribution in [0.3, 0.4) is 0 Å². The van der Waals surface area contributed by atoms with E-state index in [9.17, 15) is 4.21 Å². The lowest BCUT2D eigenvalue weighted by Gasteiger charge is -2.32. The number of hydrogen-bond acceptors (Lipinski definition) is 3. The Bertz CT molecular complexity index is 369.